The Morgan fingerprint density at radius 1 is 0.833 bits per heavy atom. The molecule has 0 aromatic heterocycles. The van der Waals surface area contributed by atoms with Crippen molar-refractivity contribution in [1.82, 2.24) is 0 Å². The molecule has 3 aromatic carbocycles. The van der Waals surface area contributed by atoms with Crippen molar-refractivity contribution < 1.29 is 55.5 Å². The van der Waals surface area contributed by atoms with Crippen molar-refractivity contribution in [3.63, 3.8) is 0 Å². The Hall–Kier alpha value is 0.450. The van der Waals surface area contributed by atoms with Crippen LogP contribution in [-0.2, 0) is 10.3 Å². The first kappa shape index (κ1) is 23.6. The summed E-state index contributed by atoms with van der Waals surface area (Å²) in [6, 6.07) is 10.9. The van der Waals surface area contributed by atoms with Crippen molar-refractivity contribution in [1.29, 1.82) is 0 Å². The Morgan fingerprint density at radius 2 is 1.33 bits per heavy atom. The van der Waals surface area contributed by atoms with Crippen molar-refractivity contribution in [2.45, 2.75) is 5.60 Å². The Kier molecular flexibility index (Phi) is 6.56. The van der Waals surface area contributed by atoms with Crippen molar-refractivity contribution in [3.05, 3.63) is 72.9 Å². The van der Waals surface area contributed by atoms with Crippen LogP contribution in [0.15, 0.2) is 36.4 Å². The molecule has 10 heteroatoms. The molecule has 3 aromatic rings. The fraction of sp³-hybridized carbons (Fsp3) is 0.0500. The topological polar surface area (TPSA) is 76.0 Å². The molecule has 2 aliphatic heterocycles. The monoisotopic (exact) mass is 860 g/mol. The van der Waals surface area contributed by atoms with Gasteiger partial charge in [0.15, 0.2) is 17.1 Å². The number of hydrogen-bond acceptors (Lipinski definition) is 5. The van der Waals surface area contributed by atoms with E-state index in [1.54, 1.807) is 24.3 Å². The number of rotatable bonds is 0. The summed E-state index contributed by atoms with van der Waals surface area (Å²) in [6.45, 7) is 0. The Labute approximate surface area is 249 Å². The second-order valence-corrected chi connectivity index (χ2v) is 11.0. The van der Waals surface area contributed by atoms with E-state index in [9.17, 15) is 15.0 Å². The minimum atomic E-state index is -1.22. The molecule has 0 radical (unpaired) electrons. The number of fused-ring (bicyclic) bond motifs is 6. The molecule has 5 nitrogen and oxygen atoms in total. The molecule has 0 saturated heterocycles. The van der Waals surface area contributed by atoms with Gasteiger partial charge in [-0.15, -0.1) is 0 Å². The summed E-state index contributed by atoms with van der Waals surface area (Å²) >= 11 is 8.17. The van der Waals surface area contributed by atoms with Gasteiger partial charge in [-0.05, 0) is 109 Å². The Balaban J connectivity index is 0.00000136. The molecular formula is C20H9I4NaO5. The molecule has 0 aliphatic carbocycles. The zero-order chi connectivity index (χ0) is 20.7. The molecular weight excluding hydrogens is 851 g/mol. The number of benzene rings is 3. The van der Waals surface area contributed by atoms with Crippen LogP contribution in [0.4, 0.5) is 0 Å². The number of ether oxygens (including phenoxy) is 2. The van der Waals surface area contributed by atoms with Crippen LogP contribution < -0.4 is 34.3 Å². The SMILES string of the molecule is O=C1OC2(c3ccccc31)c1cc(I)c(O)c(I)c1Oc1c2cc(I)c(O)c1I.[H-].[Na+]. The zero-order valence-corrected chi connectivity index (χ0v) is 25.7. The van der Waals surface area contributed by atoms with Crippen molar-refractivity contribution in [2.75, 3.05) is 0 Å². The van der Waals surface area contributed by atoms with Gasteiger partial charge in [-0.3, -0.25) is 0 Å². The van der Waals surface area contributed by atoms with Crippen LogP contribution in [0.25, 0.3) is 0 Å². The first-order valence-electron chi connectivity index (χ1n) is 8.21. The third kappa shape index (κ3) is 3.15. The second kappa shape index (κ2) is 8.34. The van der Waals surface area contributed by atoms with Crippen LogP contribution in [-0.4, -0.2) is 16.2 Å². The molecule has 0 unspecified atom stereocenters. The largest absolute Gasteiger partial charge is 1.00 e. The molecule has 0 atom stereocenters. The summed E-state index contributed by atoms with van der Waals surface area (Å²) in [6.07, 6.45) is 0. The predicted molar refractivity (Wildman–Crippen MR) is 140 cm³/mol. The van der Waals surface area contributed by atoms with E-state index in [1.807, 2.05) is 57.3 Å². The normalized spacial score (nSPS) is 14.9. The molecule has 5 rings (SSSR count). The number of halogens is 4. The van der Waals surface area contributed by atoms with Gasteiger partial charge in [-0.2, -0.15) is 0 Å². The van der Waals surface area contributed by atoms with E-state index in [0.29, 0.717) is 48.0 Å². The first-order chi connectivity index (χ1) is 13.8. The zero-order valence-electron chi connectivity index (χ0n) is 16.1. The molecule has 0 bridgehead atoms. The number of carbonyl (C=O) groups excluding carboxylic acids is 1. The van der Waals surface area contributed by atoms with E-state index in [1.165, 1.54) is 0 Å². The van der Waals surface area contributed by atoms with Crippen molar-refractivity contribution in [3.8, 4) is 23.0 Å². The summed E-state index contributed by atoms with van der Waals surface area (Å²) in [5.41, 5.74) is 1.27. The number of aromatic hydroxyl groups is 2. The molecule has 0 amide bonds. The number of carbonyl (C=O) groups is 1. The van der Waals surface area contributed by atoms with Gasteiger partial charge >= 0.3 is 35.5 Å². The minimum absolute atomic E-state index is 0. The van der Waals surface area contributed by atoms with E-state index in [-0.39, 0.29) is 42.5 Å². The van der Waals surface area contributed by atoms with E-state index in [0.717, 1.165) is 0 Å². The third-order valence-corrected chi connectivity index (χ3v) is 8.68. The average Bonchev–Trinajstić information content (AvgIpc) is 3.00. The van der Waals surface area contributed by atoms with Crippen LogP contribution in [0.2, 0.25) is 0 Å². The summed E-state index contributed by atoms with van der Waals surface area (Å²) in [7, 11) is 0. The van der Waals surface area contributed by atoms with E-state index >= 15 is 0 Å². The molecule has 2 heterocycles. The van der Waals surface area contributed by atoms with Gasteiger partial charge in [0, 0.05) is 5.56 Å². The fourth-order valence-corrected chi connectivity index (χ4v) is 7.35. The molecule has 0 saturated carbocycles. The van der Waals surface area contributed by atoms with E-state index in [4.69, 9.17) is 9.47 Å². The summed E-state index contributed by atoms with van der Waals surface area (Å²) in [5.74, 6) is 0.616. The minimum Gasteiger partial charge on any atom is -1.00 e. The summed E-state index contributed by atoms with van der Waals surface area (Å²) < 4.78 is 14.6. The quantitative estimate of drug-likeness (QED) is 0.207. The molecule has 1 spiro atoms. The maximum Gasteiger partial charge on any atom is 1.00 e. The Morgan fingerprint density at radius 3 is 1.87 bits per heavy atom. The van der Waals surface area contributed by atoms with Crippen LogP contribution >= 0.6 is 90.4 Å². The van der Waals surface area contributed by atoms with Crippen molar-refractivity contribution in [2.24, 2.45) is 0 Å². The van der Waals surface area contributed by atoms with Gasteiger partial charge in [0.1, 0.15) is 11.5 Å². The Bertz CT molecular complexity index is 1200. The molecule has 30 heavy (non-hydrogen) atoms. The van der Waals surface area contributed by atoms with Crippen LogP contribution in [0.3, 0.4) is 0 Å². The van der Waals surface area contributed by atoms with Gasteiger partial charge in [-0.1, -0.05) is 18.2 Å². The number of hydrogen-bond donors (Lipinski definition) is 2. The van der Waals surface area contributed by atoms with Gasteiger partial charge in [0.05, 0.1) is 31.0 Å². The smallest absolute Gasteiger partial charge is 1.00 e. The van der Waals surface area contributed by atoms with E-state index < -0.39 is 11.6 Å². The van der Waals surface area contributed by atoms with Crippen LogP contribution in [0, 0.1) is 14.3 Å². The van der Waals surface area contributed by atoms with Crippen LogP contribution in [0.5, 0.6) is 23.0 Å². The summed E-state index contributed by atoms with van der Waals surface area (Å²) in [5, 5.41) is 21.0. The summed E-state index contributed by atoms with van der Waals surface area (Å²) in [4.78, 5) is 12.9. The number of phenols is 2. The van der Waals surface area contributed by atoms with Gasteiger partial charge in [0.25, 0.3) is 0 Å². The second-order valence-electron chi connectivity index (χ2n) is 6.51. The molecule has 2 aliphatic rings. The number of esters is 1. The maximum absolute atomic E-state index is 12.9. The van der Waals surface area contributed by atoms with E-state index in [2.05, 4.69) is 45.2 Å². The maximum atomic E-state index is 12.9. The van der Waals surface area contributed by atoms with Gasteiger partial charge < -0.3 is 21.1 Å². The number of phenolic OH excluding ortho intramolecular Hbond substituents is 2. The molecule has 0 fully saturated rings. The molecule has 2 N–H and O–H groups in total. The van der Waals surface area contributed by atoms with Crippen LogP contribution in [0.1, 0.15) is 28.5 Å². The standard InChI is InChI=1S/C20H8I4O5.Na.H/c21-11-5-9-17(13(23)15(11)25)28-18-10(6-12(22)16(26)14(18)24)20(9)8-4-2-1-3-7(8)19(27)29-20;;/h1-6,25-26H;;/q;+1;-1. The third-order valence-electron chi connectivity index (χ3n) is 5.03. The molecule has 148 valence electrons. The van der Waals surface area contributed by atoms with Gasteiger partial charge in [-0.25, -0.2) is 4.79 Å². The van der Waals surface area contributed by atoms with Gasteiger partial charge in [0.2, 0.25) is 0 Å². The first-order valence-corrected chi connectivity index (χ1v) is 12.5. The fourth-order valence-electron chi connectivity index (χ4n) is 3.77. The predicted octanol–water partition coefficient (Wildman–Crippen LogP) is 3.20. The van der Waals surface area contributed by atoms with Crippen molar-refractivity contribution >= 4 is 96.3 Å². The average molecular weight is 860 g/mol.